The van der Waals surface area contributed by atoms with E-state index in [0.717, 1.165) is 21.9 Å². The molecule has 0 aliphatic carbocycles. The molecule has 30 heavy (non-hydrogen) atoms. The van der Waals surface area contributed by atoms with Crippen LogP contribution < -0.4 is 10.9 Å². The minimum atomic E-state index is -4.91. The van der Waals surface area contributed by atoms with Crippen molar-refractivity contribution in [1.29, 1.82) is 0 Å². The van der Waals surface area contributed by atoms with E-state index in [1.54, 1.807) is 0 Å². The lowest BCUT2D eigenvalue weighted by Crippen LogP contribution is -2.33. The van der Waals surface area contributed by atoms with E-state index >= 15 is 0 Å². The monoisotopic (exact) mass is 419 g/mol. The standard InChI is InChI=1S/C21H17F4N3O2/c1-12-3-5-14(6-4-12)18-9-10-19(29)28(27-18)13(2)20(30)26-15-7-8-17(22)16(11-15)21(23,24)25/h3-11,13H,1-2H3,(H,26,30). The number of carbonyl (C=O) groups excluding carboxylic acids is 1. The Morgan fingerprint density at radius 3 is 2.37 bits per heavy atom. The van der Waals surface area contributed by atoms with Gasteiger partial charge in [0.15, 0.2) is 0 Å². The van der Waals surface area contributed by atoms with Crippen LogP contribution in [0.5, 0.6) is 0 Å². The van der Waals surface area contributed by atoms with Crippen LogP contribution in [-0.4, -0.2) is 15.7 Å². The van der Waals surface area contributed by atoms with Crippen molar-refractivity contribution >= 4 is 11.6 Å². The number of nitrogens with one attached hydrogen (secondary N) is 1. The summed E-state index contributed by atoms with van der Waals surface area (Å²) in [4.78, 5) is 24.7. The number of amides is 1. The zero-order chi connectivity index (χ0) is 22.1. The minimum absolute atomic E-state index is 0.247. The summed E-state index contributed by atoms with van der Waals surface area (Å²) in [6.07, 6.45) is -4.91. The molecule has 5 nitrogen and oxygen atoms in total. The summed E-state index contributed by atoms with van der Waals surface area (Å²) < 4.78 is 53.0. The van der Waals surface area contributed by atoms with Crippen molar-refractivity contribution in [2.75, 3.05) is 5.32 Å². The van der Waals surface area contributed by atoms with Crippen molar-refractivity contribution < 1.29 is 22.4 Å². The van der Waals surface area contributed by atoms with Crippen molar-refractivity contribution in [1.82, 2.24) is 9.78 Å². The van der Waals surface area contributed by atoms with Gasteiger partial charge in [0.1, 0.15) is 11.9 Å². The van der Waals surface area contributed by atoms with Crippen LogP contribution in [-0.2, 0) is 11.0 Å². The normalized spacial score (nSPS) is 12.5. The van der Waals surface area contributed by atoms with Crippen LogP contribution in [0.25, 0.3) is 11.3 Å². The number of aryl methyl sites for hydroxylation is 1. The third kappa shape index (κ3) is 4.56. The Morgan fingerprint density at radius 2 is 1.73 bits per heavy atom. The second-order valence-electron chi connectivity index (χ2n) is 6.73. The number of hydrogen-bond acceptors (Lipinski definition) is 3. The molecule has 1 aromatic heterocycles. The van der Waals surface area contributed by atoms with E-state index < -0.39 is 35.1 Å². The molecule has 9 heteroatoms. The summed E-state index contributed by atoms with van der Waals surface area (Å²) in [7, 11) is 0. The molecular formula is C21H17F4N3O2. The number of nitrogens with zero attached hydrogens (tertiary/aromatic N) is 2. The largest absolute Gasteiger partial charge is 0.419 e. The van der Waals surface area contributed by atoms with Gasteiger partial charge in [0.05, 0.1) is 11.3 Å². The second-order valence-corrected chi connectivity index (χ2v) is 6.73. The van der Waals surface area contributed by atoms with Gasteiger partial charge in [0.25, 0.3) is 5.56 Å². The van der Waals surface area contributed by atoms with E-state index in [2.05, 4.69) is 10.4 Å². The highest BCUT2D eigenvalue weighted by molar-refractivity contribution is 5.93. The lowest BCUT2D eigenvalue weighted by molar-refractivity contribution is -0.140. The van der Waals surface area contributed by atoms with E-state index in [0.29, 0.717) is 17.8 Å². The molecule has 3 rings (SSSR count). The Hall–Kier alpha value is -3.49. The fourth-order valence-electron chi connectivity index (χ4n) is 2.76. The van der Waals surface area contributed by atoms with Gasteiger partial charge in [-0.2, -0.15) is 18.3 Å². The number of benzene rings is 2. The quantitative estimate of drug-likeness (QED) is 0.630. The van der Waals surface area contributed by atoms with Crippen LogP contribution in [0.1, 0.15) is 24.1 Å². The predicted octanol–water partition coefficient (Wildman–Crippen LogP) is 4.58. The summed E-state index contributed by atoms with van der Waals surface area (Å²) in [6, 6.07) is 11.1. The number of halogens is 4. The maximum atomic E-state index is 13.4. The molecule has 0 saturated carbocycles. The van der Waals surface area contributed by atoms with Crippen LogP contribution in [0, 0.1) is 12.7 Å². The number of hydrogen-bond donors (Lipinski definition) is 1. The van der Waals surface area contributed by atoms with Gasteiger partial charge < -0.3 is 5.32 Å². The average molecular weight is 419 g/mol. The highest BCUT2D eigenvalue weighted by Crippen LogP contribution is 2.33. The Bertz CT molecular complexity index is 1140. The van der Waals surface area contributed by atoms with Gasteiger partial charge in [-0.15, -0.1) is 0 Å². The Labute approximate surface area is 169 Å². The number of rotatable bonds is 4. The highest BCUT2D eigenvalue weighted by atomic mass is 19.4. The smallest absolute Gasteiger partial charge is 0.324 e. The Kier molecular flexibility index (Phi) is 5.73. The van der Waals surface area contributed by atoms with Crippen LogP contribution in [0.4, 0.5) is 23.2 Å². The molecule has 156 valence electrons. The minimum Gasteiger partial charge on any atom is -0.324 e. The molecule has 0 spiro atoms. The molecule has 2 aromatic carbocycles. The molecule has 0 radical (unpaired) electrons. The fourth-order valence-corrected chi connectivity index (χ4v) is 2.76. The number of aromatic nitrogens is 2. The lowest BCUT2D eigenvalue weighted by Gasteiger charge is -2.16. The van der Waals surface area contributed by atoms with Crippen molar-refractivity contribution in [2.24, 2.45) is 0 Å². The molecule has 1 unspecified atom stereocenters. The van der Waals surface area contributed by atoms with Gasteiger partial charge in [-0.05, 0) is 38.1 Å². The molecule has 1 amide bonds. The van der Waals surface area contributed by atoms with Gasteiger partial charge in [0.2, 0.25) is 5.91 Å². The molecule has 1 heterocycles. The van der Waals surface area contributed by atoms with Gasteiger partial charge >= 0.3 is 6.18 Å². The van der Waals surface area contributed by atoms with Crippen molar-refractivity contribution in [3.63, 3.8) is 0 Å². The van der Waals surface area contributed by atoms with Gasteiger partial charge in [-0.25, -0.2) is 9.07 Å². The first-order valence-corrected chi connectivity index (χ1v) is 8.91. The molecule has 1 N–H and O–H groups in total. The maximum Gasteiger partial charge on any atom is 0.419 e. The number of carbonyl (C=O) groups is 1. The van der Waals surface area contributed by atoms with Crippen LogP contribution in [0.3, 0.4) is 0 Å². The molecule has 0 aliphatic rings. The number of anilines is 1. The summed E-state index contributed by atoms with van der Waals surface area (Å²) in [5.41, 5.74) is -0.0698. The van der Waals surface area contributed by atoms with Crippen LogP contribution >= 0.6 is 0 Å². The molecule has 0 bridgehead atoms. The topological polar surface area (TPSA) is 64.0 Å². The van der Waals surface area contributed by atoms with E-state index in [1.807, 2.05) is 31.2 Å². The third-order valence-electron chi connectivity index (χ3n) is 4.46. The Morgan fingerprint density at radius 1 is 1.07 bits per heavy atom. The molecule has 0 fully saturated rings. The first-order chi connectivity index (χ1) is 14.1. The number of alkyl halides is 3. The first-order valence-electron chi connectivity index (χ1n) is 8.91. The summed E-state index contributed by atoms with van der Waals surface area (Å²) in [5.74, 6) is -2.22. The van der Waals surface area contributed by atoms with Gasteiger partial charge in [-0.3, -0.25) is 9.59 Å². The van der Waals surface area contributed by atoms with E-state index in [1.165, 1.54) is 19.1 Å². The van der Waals surface area contributed by atoms with Crippen molar-refractivity contribution in [2.45, 2.75) is 26.1 Å². The summed E-state index contributed by atoms with van der Waals surface area (Å²) >= 11 is 0. The van der Waals surface area contributed by atoms with Crippen LogP contribution in [0.2, 0.25) is 0 Å². The SMILES string of the molecule is Cc1ccc(-c2ccc(=O)n(C(C)C(=O)Nc3ccc(F)c(C(F)(F)F)c3)n2)cc1. The van der Waals surface area contributed by atoms with Gasteiger partial charge in [0, 0.05) is 17.3 Å². The fraction of sp³-hybridized carbons (Fsp3) is 0.190. The Balaban J connectivity index is 1.87. The van der Waals surface area contributed by atoms with Crippen molar-refractivity contribution in [3.05, 3.63) is 81.9 Å². The molecule has 3 aromatic rings. The van der Waals surface area contributed by atoms with E-state index in [-0.39, 0.29) is 5.69 Å². The van der Waals surface area contributed by atoms with Crippen molar-refractivity contribution in [3.8, 4) is 11.3 Å². The lowest BCUT2D eigenvalue weighted by atomic mass is 10.1. The second kappa shape index (κ2) is 8.10. The van der Waals surface area contributed by atoms with Gasteiger partial charge in [-0.1, -0.05) is 29.8 Å². The predicted molar refractivity (Wildman–Crippen MR) is 103 cm³/mol. The third-order valence-corrected chi connectivity index (χ3v) is 4.46. The van der Waals surface area contributed by atoms with Crippen LogP contribution in [0.15, 0.2) is 59.4 Å². The van der Waals surface area contributed by atoms with E-state index in [9.17, 15) is 27.2 Å². The molecular weight excluding hydrogens is 402 g/mol. The summed E-state index contributed by atoms with van der Waals surface area (Å²) in [6.45, 7) is 3.31. The first kappa shape index (κ1) is 21.2. The zero-order valence-corrected chi connectivity index (χ0v) is 16.0. The highest BCUT2D eigenvalue weighted by Gasteiger charge is 2.34. The maximum absolute atomic E-state index is 13.4. The average Bonchev–Trinajstić information content (AvgIpc) is 2.69. The molecule has 0 aliphatic heterocycles. The molecule has 1 atom stereocenters. The molecule has 0 saturated heterocycles. The zero-order valence-electron chi connectivity index (χ0n) is 16.0. The van der Waals surface area contributed by atoms with E-state index in [4.69, 9.17) is 0 Å². The summed E-state index contributed by atoms with van der Waals surface area (Å²) in [5, 5.41) is 6.48.